The molecule has 5 atom stereocenters. The molecule has 6 aliphatic rings. The Hall–Kier alpha value is -5.31. The molecular formula is C62H96N14O5S5. The lowest BCUT2D eigenvalue weighted by Gasteiger charge is -2.34. The van der Waals surface area contributed by atoms with Crippen LogP contribution in [0.1, 0.15) is 75.3 Å². The van der Waals surface area contributed by atoms with Crippen LogP contribution in [0.2, 0.25) is 0 Å². The van der Waals surface area contributed by atoms with E-state index >= 15 is 0 Å². The highest BCUT2D eigenvalue weighted by molar-refractivity contribution is 8.00. The van der Waals surface area contributed by atoms with Gasteiger partial charge in [0, 0.05) is 54.4 Å². The summed E-state index contributed by atoms with van der Waals surface area (Å²) >= 11 is 8.74. The predicted molar refractivity (Wildman–Crippen MR) is 371 cm³/mol. The van der Waals surface area contributed by atoms with Crippen molar-refractivity contribution in [2.24, 2.45) is 0 Å². The highest BCUT2D eigenvalue weighted by Gasteiger charge is 2.33. The first-order valence-electron chi connectivity index (χ1n) is 29.6. The number of hydrogen-bond acceptors (Lipinski definition) is 24. The molecule has 6 aliphatic heterocycles. The van der Waals surface area contributed by atoms with Crippen LogP contribution in [0.25, 0.3) is 0 Å². The zero-order valence-corrected chi connectivity index (χ0v) is 56.6. The third-order valence-electron chi connectivity index (χ3n) is 15.7. The smallest absolute Gasteiger partial charge is 0.162 e. The third-order valence-corrected chi connectivity index (χ3v) is 21.6. The fourth-order valence-electron chi connectivity index (χ4n) is 10.6. The van der Waals surface area contributed by atoms with Gasteiger partial charge in [-0.2, -0.15) is 0 Å². The van der Waals surface area contributed by atoms with E-state index in [1.54, 1.807) is 58.8 Å². The summed E-state index contributed by atoms with van der Waals surface area (Å²) in [5.74, 6) is 7.50. The van der Waals surface area contributed by atoms with Gasteiger partial charge in [0.25, 0.3) is 0 Å². The Bertz CT molecular complexity index is 3070. The van der Waals surface area contributed by atoms with Gasteiger partial charge >= 0.3 is 0 Å². The van der Waals surface area contributed by atoms with E-state index in [1.807, 2.05) is 79.0 Å². The lowest BCUT2D eigenvalue weighted by atomic mass is 10.1. The van der Waals surface area contributed by atoms with Gasteiger partial charge in [-0.1, -0.05) is 27.7 Å². The van der Waals surface area contributed by atoms with Gasteiger partial charge < -0.3 is 90.8 Å². The average Bonchev–Trinajstić information content (AvgIpc) is 2.04. The van der Waals surface area contributed by atoms with Crippen LogP contribution in [0.3, 0.4) is 0 Å². The molecule has 1 saturated heterocycles. The Morgan fingerprint density at radius 2 is 0.837 bits per heavy atom. The molecule has 0 saturated carbocycles. The Morgan fingerprint density at radius 1 is 0.465 bits per heavy atom. The molecule has 11 rings (SSSR count). The van der Waals surface area contributed by atoms with Crippen molar-refractivity contribution >= 4 is 116 Å². The van der Waals surface area contributed by atoms with Crippen LogP contribution in [-0.2, 0) is 0 Å². The third kappa shape index (κ3) is 16.3. The van der Waals surface area contributed by atoms with E-state index in [1.165, 1.54) is 12.8 Å². The maximum Gasteiger partial charge on any atom is 0.162 e. The maximum absolute atomic E-state index is 6.10. The second-order valence-electron chi connectivity index (χ2n) is 22.6. The maximum atomic E-state index is 6.10. The number of ether oxygens (including phenoxy) is 5. The zero-order valence-electron chi connectivity index (χ0n) is 52.5. The Labute approximate surface area is 532 Å². The van der Waals surface area contributed by atoms with Gasteiger partial charge in [-0.25, -0.2) is 0 Å². The van der Waals surface area contributed by atoms with E-state index in [0.29, 0.717) is 40.3 Å². The highest BCUT2D eigenvalue weighted by atomic mass is 32.2. The number of nitrogens with zero attached hydrogens (tertiary/aromatic N) is 4. The molecule has 86 heavy (non-hydrogen) atoms. The van der Waals surface area contributed by atoms with E-state index < -0.39 is 0 Å². The van der Waals surface area contributed by atoms with Crippen molar-refractivity contribution in [1.82, 2.24) is 19.6 Å². The van der Waals surface area contributed by atoms with Gasteiger partial charge in [0.15, 0.2) is 41.2 Å². The van der Waals surface area contributed by atoms with Gasteiger partial charge in [0.05, 0.1) is 81.4 Å². The van der Waals surface area contributed by atoms with E-state index in [-0.39, 0.29) is 24.7 Å². The van der Waals surface area contributed by atoms with Crippen molar-refractivity contribution in [1.29, 1.82) is 0 Å². The summed E-state index contributed by atoms with van der Waals surface area (Å²) in [6.45, 7) is 29.4. The number of anilines is 10. The van der Waals surface area contributed by atoms with Gasteiger partial charge in [-0.3, -0.25) is 9.80 Å². The van der Waals surface area contributed by atoms with Crippen LogP contribution in [0.4, 0.5) is 56.9 Å². The molecule has 0 amide bonds. The van der Waals surface area contributed by atoms with E-state index in [4.69, 9.17) is 81.0 Å². The summed E-state index contributed by atoms with van der Waals surface area (Å²) < 4.78 is 29.7. The standard InChI is InChI=1S/C14H23N3OS.C13H19N3OS.C13H21N3OS.C12H19N3OS.C10H14N2OS/c1-4-17(5-2)7-10-8-19-14-12(16)9(3)6-11(15)13(14)18-10;1-8-6-9(14)12-13(11(8)15)18-7-10(17-12)16-4-2-3-5-16;1-4-16(5-2)10-7-18-13-11(15)8(3)6-9(14)12(13)17-10;1-7-4-9(13)11-12(10(7)14)17-6-8(16-11)5-15(2)3;1-5-3-7(11)9-10(8(5)12)14-6(2)4-13-9/h6,10H,4-5,7-8,15-16H2,1-3H3;6,10H,2-5,7,14-15H2,1H3;6,10H,4-5,7,14-15H2,1-3H3;4,8H,5-6,13-14H2,1-3H3;3,6H,4,11-12H2,1-2H3. The fourth-order valence-corrected chi connectivity index (χ4v) is 16.4. The number of hydrogen-bond donors (Lipinski definition) is 10. The number of likely N-dealkylation sites (tertiary alicyclic amines) is 1. The summed E-state index contributed by atoms with van der Waals surface area (Å²) in [6, 6.07) is 9.44. The van der Waals surface area contributed by atoms with Crippen LogP contribution in [0.5, 0.6) is 28.7 Å². The second kappa shape index (κ2) is 30.7. The zero-order chi connectivity index (χ0) is 62.8. The van der Waals surface area contributed by atoms with Crippen LogP contribution in [0, 0.1) is 34.6 Å². The van der Waals surface area contributed by atoms with E-state index in [9.17, 15) is 0 Å². The molecule has 20 N–H and O–H groups in total. The quantitative estimate of drug-likeness (QED) is 0.0581. The van der Waals surface area contributed by atoms with E-state index in [2.05, 4.69) is 54.2 Å². The number of aryl methyl sites for hydroxylation is 5. The molecule has 5 unspecified atom stereocenters. The first-order valence-corrected chi connectivity index (χ1v) is 34.5. The van der Waals surface area contributed by atoms with E-state index in [0.717, 1.165) is 185 Å². The first kappa shape index (κ1) is 68.2. The summed E-state index contributed by atoms with van der Waals surface area (Å²) in [6.07, 6.45) is 3.12. The summed E-state index contributed by atoms with van der Waals surface area (Å²) in [5.41, 5.74) is 72.9. The summed E-state index contributed by atoms with van der Waals surface area (Å²) in [7, 11) is 4.08. The second-order valence-corrected chi connectivity index (χ2v) is 28.2. The normalized spacial score (nSPS) is 19.9. The molecule has 5 aromatic carbocycles. The molecule has 474 valence electrons. The molecular weight excluding hydrogens is 1180 g/mol. The fraction of sp³-hybridized carbons (Fsp3) is 0.516. The van der Waals surface area contributed by atoms with Crippen molar-refractivity contribution in [3.63, 3.8) is 0 Å². The van der Waals surface area contributed by atoms with Crippen molar-refractivity contribution in [3.05, 3.63) is 58.1 Å². The molecule has 0 bridgehead atoms. The summed E-state index contributed by atoms with van der Waals surface area (Å²) in [5, 5.41) is 0.436. The van der Waals surface area contributed by atoms with Crippen molar-refractivity contribution in [2.75, 3.05) is 153 Å². The lowest BCUT2D eigenvalue weighted by molar-refractivity contribution is 0.0474. The molecule has 0 radical (unpaired) electrons. The van der Waals surface area contributed by atoms with Crippen LogP contribution < -0.4 is 81.0 Å². The van der Waals surface area contributed by atoms with Gasteiger partial charge in [-0.15, -0.1) is 58.8 Å². The van der Waals surface area contributed by atoms with Crippen LogP contribution in [-0.4, -0.2) is 146 Å². The predicted octanol–water partition coefficient (Wildman–Crippen LogP) is 10.3. The molecule has 0 aliphatic carbocycles. The minimum atomic E-state index is 0.0851. The molecule has 6 heterocycles. The van der Waals surface area contributed by atoms with Gasteiger partial charge in [-0.05, 0) is 153 Å². The topological polar surface area (TPSA) is 319 Å². The van der Waals surface area contributed by atoms with Gasteiger partial charge in [0.1, 0.15) is 18.8 Å². The highest BCUT2D eigenvalue weighted by Crippen LogP contribution is 2.50. The molecule has 19 nitrogen and oxygen atoms in total. The average molecular weight is 1280 g/mol. The van der Waals surface area contributed by atoms with Crippen LogP contribution >= 0.6 is 58.8 Å². The van der Waals surface area contributed by atoms with Crippen molar-refractivity contribution in [3.8, 4) is 28.7 Å². The molecule has 5 aromatic rings. The molecule has 24 heteroatoms. The number of fused-ring (bicyclic) bond motifs is 5. The van der Waals surface area contributed by atoms with Gasteiger partial charge in [0.2, 0.25) is 0 Å². The van der Waals surface area contributed by atoms with Crippen molar-refractivity contribution in [2.45, 2.75) is 136 Å². The summed E-state index contributed by atoms with van der Waals surface area (Å²) in [4.78, 5) is 14.2. The molecule has 0 spiro atoms. The first-order chi connectivity index (χ1) is 40.9. The Morgan fingerprint density at radius 3 is 1.26 bits per heavy atom. The minimum Gasteiger partial charge on any atom is -0.489 e. The largest absolute Gasteiger partial charge is 0.489 e. The Kier molecular flexibility index (Phi) is 24.4. The Balaban J connectivity index is 0.000000154. The molecule has 0 aromatic heterocycles. The SMILES string of the molecule is CCN(CC)C1CSc2c(N)c(C)cc(N)c2O1.CCN(CC)CC1CSc2c(N)c(C)cc(N)c2O1.Cc1cc(N)c2c(c1N)SC(C)CO2.Cc1cc(N)c2c(c1N)SCC(CN(C)C)O2.Cc1cc(N)c2c(c1N)SCC(N1CCCC1)O2. The number of thioether (sulfide) groups is 5. The molecule has 1 fully saturated rings. The number of likely N-dealkylation sites (N-methyl/N-ethyl adjacent to an activating group) is 2. The number of benzene rings is 5. The number of nitrogen functional groups attached to an aromatic ring is 10. The minimum absolute atomic E-state index is 0.0851. The van der Waals surface area contributed by atoms with Crippen molar-refractivity contribution < 1.29 is 23.7 Å². The number of nitrogens with two attached hydrogens (primary N) is 10. The number of rotatable bonds is 10. The van der Waals surface area contributed by atoms with Crippen LogP contribution in [0.15, 0.2) is 54.8 Å². The lowest BCUT2D eigenvalue weighted by Crippen LogP contribution is -2.42. The monoisotopic (exact) mass is 1280 g/mol.